The molecule has 0 amide bonds. The Labute approximate surface area is 188 Å². The summed E-state index contributed by atoms with van der Waals surface area (Å²) in [7, 11) is 1.01. The van der Waals surface area contributed by atoms with Gasteiger partial charge in [-0.1, -0.05) is 24.3 Å². The number of halogens is 6. The fraction of sp³-hybridized carbons (Fsp3) is 0.286. The van der Waals surface area contributed by atoms with Crippen LogP contribution in [-0.4, -0.2) is 37.9 Å². The van der Waals surface area contributed by atoms with Crippen LogP contribution in [0.15, 0.2) is 52.8 Å². The Balaban J connectivity index is 1.86. The van der Waals surface area contributed by atoms with Crippen LogP contribution in [0.1, 0.15) is 32.6 Å². The molecule has 0 aliphatic carbocycles. The SMILES string of the molecule is COC(=NOCc1ccccc1C(=O)C1=NOCCO1)c1cc(C(F)(F)F)cc(C(F)(F)F)c1. The van der Waals surface area contributed by atoms with Crippen molar-refractivity contribution in [2.24, 2.45) is 10.3 Å². The summed E-state index contributed by atoms with van der Waals surface area (Å²) in [6, 6.07) is 6.99. The number of rotatable bonds is 6. The van der Waals surface area contributed by atoms with Crippen LogP contribution in [0.3, 0.4) is 0 Å². The van der Waals surface area contributed by atoms with E-state index in [0.29, 0.717) is 17.7 Å². The number of alkyl halides is 6. The summed E-state index contributed by atoms with van der Waals surface area (Å²) in [6.45, 7) is -0.0583. The van der Waals surface area contributed by atoms with Gasteiger partial charge in [0.2, 0.25) is 0 Å². The Morgan fingerprint density at radius 3 is 2.24 bits per heavy atom. The molecule has 0 saturated carbocycles. The highest BCUT2D eigenvalue weighted by Crippen LogP contribution is 2.36. The third kappa shape index (κ3) is 5.97. The Bertz CT molecular complexity index is 1080. The molecule has 2 aromatic rings. The number of carbonyl (C=O) groups is 1. The first-order valence-electron chi connectivity index (χ1n) is 9.50. The van der Waals surface area contributed by atoms with Crippen LogP contribution in [0.25, 0.3) is 0 Å². The normalized spacial score (nSPS) is 14.6. The minimum absolute atomic E-state index is 0.0146. The van der Waals surface area contributed by atoms with Crippen LogP contribution in [0.2, 0.25) is 0 Å². The van der Waals surface area contributed by atoms with Gasteiger partial charge in [-0.05, 0) is 28.5 Å². The van der Waals surface area contributed by atoms with Crippen LogP contribution >= 0.6 is 0 Å². The van der Waals surface area contributed by atoms with Crippen molar-refractivity contribution < 1.29 is 50.3 Å². The maximum absolute atomic E-state index is 13.1. The Kier molecular flexibility index (Phi) is 7.32. The third-order valence-electron chi connectivity index (χ3n) is 4.41. The lowest BCUT2D eigenvalue weighted by Crippen LogP contribution is -2.25. The minimum atomic E-state index is -5.04. The topological polar surface area (TPSA) is 78.7 Å². The summed E-state index contributed by atoms with van der Waals surface area (Å²) >= 11 is 0. The monoisotopic (exact) mass is 490 g/mol. The number of hydrogen-bond acceptors (Lipinski definition) is 7. The zero-order valence-electron chi connectivity index (χ0n) is 17.4. The molecule has 13 heteroatoms. The number of benzene rings is 2. The number of oxime groups is 2. The zero-order valence-corrected chi connectivity index (χ0v) is 17.4. The van der Waals surface area contributed by atoms with Gasteiger partial charge in [0.1, 0.15) is 13.2 Å². The van der Waals surface area contributed by atoms with Gasteiger partial charge in [-0.2, -0.15) is 26.3 Å². The summed E-state index contributed by atoms with van der Waals surface area (Å²) in [4.78, 5) is 22.5. The van der Waals surface area contributed by atoms with E-state index in [4.69, 9.17) is 19.1 Å². The second kappa shape index (κ2) is 10.0. The highest BCUT2D eigenvalue weighted by molar-refractivity contribution is 6.43. The number of Topliss-reactive ketones (excluding diaryl/α,β-unsaturated/α-hetero) is 1. The van der Waals surface area contributed by atoms with Gasteiger partial charge in [0.15, 0.2) is 6.61 Å². The molecule has 0 saturated heterocycles. The van der Waals surface area contributed by atoms with E-state index in [1.807, 2.05) is 0 Å². The maximum Gasteiger partial charge on any atom is 0.416 e. The lowest BCUT2D eigenvalue weighted by atomic mass is 10.0. The summed E-state index contributed by atoms with van der Waals surface area (Å²) in [5, 5.41) is 7.07. The number of nitrogens with zero attached hydrogens (tertiary/aromatic N) is 2. The third-order valence-corrected chi connectivity index (χ3v) is 4.41. The van der Waals surface area contributed by atoms with Crippen molar-refractivity contribution in [1.82, 2.24) is 0 Å². The molecule has 2 aromatic carbocycles. The molecule has 1 heterocycles. The van der Waals surface area contributed by atoms with Crippen molar-refractivity contribution in [3.05, 3.63) is 70.3 Å². The smallest absolute Gasteiger partial charge is 0.416 e. The predicted molar refractivity (Wildman–Crippen MR) is 105 cm³/mol. The fourth-order valence-corrected chi connectivity index (χ4v) is 2.84. The number of ether oxygens (including phenoxy) is 2. The van der Waals surface area contributed by atoms with Crippen LogP contribution in [0, 0.1) is 0 Å². The number of ketones is 1. The molecule has 182 valence electrons. The van der Waals surface area contributed by atoms with Gasteiger partial charge in [-0.3, -0.25) is 4.79 Å². The Hall–Kier alpha value is -3.77. The maximum atomic E-state index is 13.1. The average Bonchev–Trinajstić information content (AvgIpc) is 2.81. The molecule has 0 atom stereocenters. The molecule has 3 rings (SSSR count). The van der Waals surface area contributed by atoms with Gasteiger partial charge >= 0.3 is 12.4 Å². The van der Waals surface area contributed by atoms with Crippen LogP contribution < -0.4 is 0 Å². The molecular weight excluding hydrogens is 474 g/mol. The van der Waals surface area contributed by atoms with E-state index >= 15 is 0 Å². The Morgan fingerprint density at radius 2 is 1.68 bits per heavy atom. The summed E-state index contributed by atoms with van der Waals surface area (Å²) in [6.07, 6.45) is -10.1. The predicted octanol–water partition coefficient (Wildman–Crippen LogP) is 4.79. The molecule has 1 aliphatic rings. The van der Waals surface area contributed by atoms with E-state index in [1.54, 1.807) is 12.1 Å². The molecule has 0 unspecified atom stereocenters. The zero-order chi connectivity index (χ0) is 24.9. The van der Waals surface area contributed by atoms with Gasteiger partial charge in [-0.15, -0.1) is 0 Å². The lowest BCUT2D eigenvalue weighted by molar-refractivity contribution is -0.143. The number of methoxy groups -OCH3 is 1. The molecule has 0 radical (unpaired) electrons. The van der Waals surface area contributed by atoms with Crippen molar-refractivity contribution in [3.63, 3.8) is 0 Å². The van der Waals surface area contributed by atoms with Gasteiger partial charge in [-0.25, -0.2) is 0 Å². The van der Waals surface area contributed by atoms with E-state index in [0.717, 1.165) is 7.11 Å². The molecule has 34 heavy (non-hydrogen) atoms. The highest BCUT2D eigenvalue weighted by atomic mass is 19.4. The van der Waals surface area contributed by atoms with E-state index in [9.17, 15) is 31.1 Å². The van der Waals surface area contributed by atoms with E-state index < -0.39 is 40.7 Å². The first-order chi connectivity index (χ1) is 16.0. The van der Waals surface area contributed by atoms with Crippen molar-refractivity contribution in [2.75, 3.05) is 20.3 Å². The van der Waals surface area contributed by atoms with Crippen LogP contribution in [-0.2, 0) is 38.1 Å². The summed E-state index contributed by atoms with van der Waals surface area (Å²) < 4.78 is 88.7. The van der Waals surface area contributed by atoms with E-state index in [2.05, 4.69) is 10.3 Å². The van der Waals surface area contributed by atoms with Crippen LogP contribution in [0.5, 0.6) is 0 Å². The van der Waals surface area contributed by atoms with Gasteiger partial charge in [0, 0.05) is 16.7 Å². The van der Waals surface area contributed by atoms with E-state index in [1.165, 1.54) is 12.1 Å². The highest BCUT2D eigenvalue weighted by Gasteiger charge is 2.37. The summed E-state index contributed by atoms with van der Waals surface area (Å²) in [5.41, 5.74) is -3.25. The molecule has 1 aliphatic heterocycles. The quantitative estimate of drug-likeness (QED) is 0.191. The largest absolute Gasteiger partial charge is 0.479 e. The van der Waals surface area contributed by atoms with Crippen molar-refractivity contribution in [1.29, 1.82) is 0 Å². The van der Waals surface area contributed by atoms with E-state index in [-0.39, 0.29) is 37.3 Å². The van der Waals surface area contributed by atoms with Crippen molar-refractivity contribution in [2.45, 2.75) is 19.0 Å². The average molecular weight is 490 g/mol. The standard InChI is InChI=1S/C21H16F6N2O5/c1-31-18(13-8-14(20(22,23)24)10-15(9-13)21(25,26)27)28-34-11-12-4-2-3-5-16(12)17(30)19-29-33-7-6-32-19/h2-5,8-10H,6-7,11H2,1H3. The second-order valence-corrected chi connectivity index (χ2v) is 6.73. The van der Waals surface area contributed by atoms with Crippen molar-refractivity contribution in [3.8, 4) is 0 Å². The second-order valence-electron chi connectivity index (χ2n) is 6.73. The van der Waals surface area contributed by atoms with Crippen LogP contribution in [0.4, 0.5) is 26.3 Å². The molecule has 0 bridgehead atoms. The first-order valence-corrected chi connectivity index (χ1v) is 9.50. The molecule has 0 aromatic heterocycles. The van der Waals surface area contributed by atoms with Gasteiger partial charge in [0.25, 0.3) is 17.6 Å². The fourth-order valence-electron chi connectivity index (χ4n) is 2.84. The first kappa shape index (κ1) is 24.9. The molecule has 0 fully saturated rings. The minimum Gasteiger partial charge on any atom is -0.479 e. The van der Waals surface area contributed by atoms with Gasteiger partial charge in [0.05, 0.1) is 18.2 Å². The van der Waals surface area contributed by atoms with Crippen molar-refractivity contribution >= 4 is 17.6 Å². The Morgan fingerprint density at radius 1 is 1.03 bits per heavy atom. The summed E-state index contributed by atoms with van der Waals surface area (Å²) in [5.74, 6) is -1.51. The molecular formula is C21H16F6N2O5. The number of hydrogen-bond donors (Lipinski definition) is 0. The molecule has 7 nitrogen and oxygen atoms in total. The molecule has 0 spiro atoms. The lowest BCUT2D eigenvalue weighted by Gasteiger charge is -2.15. The van der Waals surface area contributed by atoms with Gasteiger partial charge < -0.3 is 19.1 Å². The number of carbonyl (C=O) groups excluding carboxylic acids is 1. The molecule has 0 N–H and O–H groups in total.